The lowest BCUT2D eigenvalue weighted by atomic mass is 10.4. The van der Waals surface area contributed by atoms with Crippen LogP contribution in [0.4, 0.5) is 35.7 Å². The Morgan fingerprint density at radius 1 is 0.647 bits per heavy atom. The maximum atomic E-state index is 5.49. The van der Waals surface area contributed by atoms with Gasteiger partial charge < -0.3 is 30.5 Å². The molecule has 0 spiro atoms. The van der Waals surface area contributed by atoms with Gasteiger partial charge in [-0.3, -0.25) is 10.9 Å². The molecule has 0 atom stereocenters. The fraction of sp³-hybridized carbons (Fsp3) is 0.700. The van der Waals surface area contributed by atoms with Gasteiger partial charge in [-0.25, -0.2) is 0 Å². The predicted octanol–water partition coefficient (Wildman–Crippen LogP) is 0.382. The van der Waals surface area contributed by atoms with Crippen molar-refractivity contribution in [2.45, 2.75) is 39.8 Å². The third kappa shape index (κ3) is 6.63. The van der Waals surface area contributed by atoms with E-state index in [9.17, 15) is 0 Å². The van der Waals surface area contributed by atoms with Crippen LogP contribution in [0.25, 0.3) is 0 Å². The third-order valence-corrected chi connectivity index (χ3v) is 5.06. The maximum Gasteiger partial charge on any atom is 0.248 e. The number of aromatic nitrogens is 6. The lowest BCUT2D eigenvalue weighted by Crippen LogP contribution is -2.45. The van der Waals surface area contributed by atoms with E-state index in [4.69, 9.17) is 9.72 Å². The molecule has 14 nitrogen and oxygen atoms in total. The van der Waals surface area contributed by atoms with Crippen molar-refractivity contribution in [1.82, 2.24) is 35.2 Å². The molecule has 5 N–H and O–H groups in total. The van der Waals surface area contributed by atoms with Crippen LogP contribution in [-0.2, 0) is 4.74 Å². The molecule has 2 aliphatic rings. The number of piperazine rings is 1. The van der Waals surface area contributed by atoms with E-state index in [1.807, 2.05) is 27.7 Å². The summed E-state index contributed by atoms with van der Waals surface area (Å²) < 4.78 is 5.49. The minimum Gasteiger partial charge on any atom is -0.378 e. The van der Waals surface area contributed by atoms with E-state index in [-0.39, 0.29) is 12.1 Å². The van der Waals surface area contributed by atoms with Crippen LogP contribution in [0, 0.1) is 0 Å². The SMILES string of the molecule is CC(C)Nc1nc(NNc2nc(N3CCNCC3)nc(N3CCOCC3)n2)nc(NC(C)C)n1. The summed E-state index contributed by atoms with van der Waals surface area (Å²) in [5.41, 5.74) is 6.09. The molecule has 2 aliphatic heterocycles. The first-order valence-electron chi connectivity index (χ1n) is 11.8. The summed E-state index contributed by atoms with van der Waals surface area (Å²) >= 11 is 0. The Labute approximate surface area is 199 Å². The third-order valence-electron chi connectivity index (χ3n) is 5.06. The molecule has 2 fully saturated rings. The van der Waals surface area contributed by atoms with E-state index < -0.39 is 0 Å². The molecular formula is C20H35N13O. The zero-order valence-corrected chi connectivity index (χ0v) is 20.3. The summed E-state index contributed by atoms with van der Waals surface area (Å²) in [6, 6.07) is 0.354. The number of hydrazine groups is 1. The van der Waals surface area contributed by atoms with Crippen LogP contribution in [0.5, 0.6) is 0 Å². The van der Waals surface area contributed by atoms with E-state index in [2.05, 4.69) is 61.5 Å². The first-order valence-corrected chi connectivity index (χ1v) is 11.8. The molecule has 2 saturated heterocycles. The number of nitrogens with one attached hydrogen (secondary N) is 5. The van der Waals surface area contributed by atoms with E-state index >= 15 is 0 Å². The van der Waals surface area contributed by atoms with Gasteiger partial charge in [0.1, 0.15) is 0 Å². The van der Waals surface area contributed by atoms with Crippen LogP contribution in [-0.4, -0.2) is 94.5 Å². The van der Waals surface area contributed by atoms with Gasteiger partial charge in [0.25, 0.3) is 0 Å². The molecule has 4 heterocycles. The summed E-state index contributed by atoms with van der Waals surface area (Å²) in [5.74, 6) is 2.95. The Hall–Kier alpha value is -3.26. The molecule has 0 bridgehead atoms. The first-order chi connectivity index (χ1) is 16.5. The highest BCUT2D eigenvalue weighted by molar-refractivity contribution is 5.49. The minimum atomic E-state index is 0.177. The fourth-order valence-corrected chi connectivity index (χ4v) is 3.51. The zero-order chi connectivity index (χ0) is 23.9. The normalized spacial score (nSPS) is 16.6. The first kappa shape index (κ1) is 23.9. The molecule has 0 unspecified atom stereocenters. The summed E-state index contributed by atoms with van der Waals surface area (Å²) in [6.07, 6.45) is 0. The van der Waals surface area contributed by atoms with Crippen molar-refractivity contribution in [3.8, 4) is 0 Å². The highest BCUT2D eigenvalue weighted by Gasteiger charge is 2.20. The molecule has 2 aromatic heterocycles. The monoisotopic (exact) mass is 473 g/mol. The van der Waals surface area contributed by atoms with Crippen LogP contribution in [0.15, 0.2) is 0 Å². The second-order valence-electron chi connectivity index (χ2n) is 8.75. The van der Waals surface area contributed by atoms with Crippen LogP contribution in [0.3, 0.4) is 0 Å². The van der Waals surface area contributed by atoms with E-state index in [1.54, 1.807) is 0 Å². The van der Waals surface area contributed by atoms with Gasteiger partial charge in [0, 0.05) is 51.4 Å². The van der Waals surface area contributed by atoms with E-state index in [0.29, 0.717) is 48.9 Å². The number of ether oxygens (including phenoxy) is 1. The lowest BCUT2D eigenvalue weighted by Gasteiger charge is -2.30. The highest BCUT2D eigenvalue weighted by atomic mass is 16.5. The Kier molecular flexibility index (Phi) is 7.90. The topological polar surface area (TPSA) is 153 Å². The number of hydrogen-bond acceptors (Lipinski definition) is 14. The van der Waals surface area contributed by atoms with Gasteiger partial charge in [0.15, 0.2) is 0 Å². The number of anilines is 6. The Bertz CT molecular complexity index is 864. The largest absolute Gasteiger partial charge is 0.378 e. The smallest absolute Gasteiger partial charge is 0.248 e. The minimum absolute atomic E-state index is 0.177. The van der Waals surface area contributed by atoms with Gasteiger partial charge in [0.05, 0.1) is 13.2 Å². The van der Waals surface area contributed by atoms with Crippen molar-refractivity contribution in [3.05, 3.63) is 0 Å². The molecule has 0 amide bonds. The van der Waals surface area contributed by atoms with Crippen LogP contribution in [0.2, 0.25) is 0 Å². The van der Waals surface area contributed by atoms with Crippen molar-refractivity contribution in [2.75, 3.05) is 83.8 Å². The molecule has 4 rings (SSSR count). The Morgan fingerprint density at radius 2 is 1.12 bits per heavy atom. The van der Waals surface area contributed by atoms with Crippen molar-refractivity contribution in [3.63, 3.8) is 0 Å². The number of nitrogens with zero attached hydrogens (tertiary/aromatic N) is 8. The number of rotatable bonds is 9. The zero-order valence-electron chi connectivity index (χ0n) is 20.3. The van der Waals surface area contributed by atoms with Crippen molar-refractivity contribution < 1.29 is 4.74 Å². The van der Waals surface area contributed by atoms with Crippen molar-refractivity contribution in [2.24, 2.45) is 0 Å². The highest BCUT2D eigenvalue weighted by Crippen LogP contribution is 2.19. The fourth-order valence-electron chi connectivity index (χ4n) is 3.51. The quantitative estimate of drug-likeness (QED) is 0.319. The van der Waals surface area contributed by atoms with E-state index in [1.165, 1.54) is 0 Å². The molecular weight excluding hydrogens is 438 g/mol. The summed E-state index contributed by atoms with van der Waals surface area (Å²) in [6.45, 7) is 14.3. The van der Waals surface area contributed by atoms with E-state index in [0.717, 1.165) is 39.3 Å². The molecule has 34 heavy (non-hydrogen) atoms. The van der Waals surface area contributed by atoms with Gasteiger partial charge in [-0.15, -0.1) is 0 Å². The molecule has 14 heteroatoms. The summed E-state index contributed by atoms with van der Waals surface area (Å²) in [4.78, 5) is 31.7. The number of morpholine rings is 1. The average Bonchev–Trinajstić information content (AvgIpc) is 2.83. The maximum absolute atomic E-state index is 5.49. The second-order valence-corrected chi connectivity index (χ2v) is 8.75. The van der Waals surface area contributed by atoms with Crippen LogP contribution in [0.1, 0.15) is 27.7 Å². The molecule has 0 radical (unpaired) electrons. The molecule has 0 aromatic carbocycles. The molecule has 0 aliphatic carbocycles. The Balaban J connectivity index is 1.56. The second kappa shape index (κ2) is 11.2. The van der Waals surface area contributed by atoms with Crippen molar-refractivity contribution >= 4 is 35.7 Å². The Morgan fingerprint density at radius 3 is 1.65 bits per heavy atom. The summed E-state index contributed by atoms with van der Waals surface area (Å²) in [7, 11) is 0. The summed E-state index contributed by atoms with van der Waals surface area (Å²) in [5, 5.41) is 9.80. The molecule has 0 saturated carbocycles. The van der Waals surface area contributed by atoms with Crippen LogP contribution >= 0.6 is 0 Å². The average molecular weight is 474 g/mol. The molecule has 2 aromatic rings. The van der Waals surface area contributed by atoms with Crippen LogP contribution < -0.4 is 36.6 Å². The van der Waals surface area contributed by atoms with Crippen molar-refractivity contribution in [1.29, 1.82) is 0 Å². The predicted molar refractivity (Wildman–Crippen MR) is 133 cm³/mol. The van der Waals surface area contributed by atoms with Gasteiger partial charge >= 0.3 is 0 Å². The molecule has 186 valence electrons. The van der Waals surface area contributed by atoms with Gasteiger partial charge in [0.2, 0.25) is 35.7 Å². The number of hydrogen-bond donors (Lipinski definition) is 5. The standard InChI is InChI=1S/C20H35N13O/c1-13(2)22-15-24-16(23-14(3)4)26-17(25-15)30-31-18-27-19(32-7-5-21-6-8-32)29-20(28-18)33-9-11-34-12-10-33/h13-14,21H,5-12H2,1-4H3,(H,27,28,29,31)(H3,22,23,24,25,26,30). The van der Waals surface area contributed by atoms with Gasteiger partial charge in [-0.1, -0.05) is 0 Å². The van der Waals surface area contributed by atoms with Gasteiger partial charge in [-0.05, 0) is 27.7 Å². The lowest BCUT2D eigenvalue weighted by molar-refractivity contribution is 0.122. The van der Waals surface area contributed by atoms with Gasteiger partial charge in [-0.2, -0.15) is 29.9 Å².